The number of nitrogens with one attached hydrogen (secondary N) is 1. The topological polar surface area (TPSA) is 12.0 Å². The van der Waals surface area contributed by atoms with Gasteiger partial charge in [-0.3, -0.25) is 0 Å². The van der Waals surface area contributed by atoms with Gasteiger partial charge in [-0.15, -0.1) is 0 Å². The van der Waals surface area contributed by atoms with Crippen molar-refractivity contribution in [3.8, 4) is 0 Å². The van der Waals surface area contributed by atoms with Gasteiger partial charge in [-0.1, -0.05) is 37.3 Å². The predicted octanol–water partition coefficient (Wildman–Crippen LogP) is 2.36. The quantitative estimate of drug-likeness (QED) is 0.666. The minimum atomic E-state index is 0.598. The molecule has 0 bridgehead atoms. The molecule has 2 atom stereocenters. The molecule has 2 rings (SSSR count). The largest absolute Gasteiger partial charge is 0.310 e. The van der Waals surface area contributed by atoms with Gasteiger partial charge >= 0.3 is 0 Å². The maximum atomic E-state index is 3.52. The molecule has 0 amide bonds. The number of hydrogen-bond donors (Lipinski definition) is 1. The highest BCUT2D eigenvalue weighted by Gasteiger charge is 2.21. The lowest BCUT2D eigenvalue weighted by Gasteiger charge is -2.09. The van der Waals surface area contributed by atoms with E-state index in [9.17, 15) is 0 Å². The third-order valence-electron chi connectivity index (χ3n) is 2.55. The molecule has 0 aromatic heterocycles. The molecule has 1 nitrogen and oxygen atoms in total. The first-order valence-corrected chi connectivity index (χ1v) is 4.64. The van der Waals surface area contributed by atoms with Crippen LogP contribution < -0.4 is 5.32 Å². The van der Waals surface area contributed by atoms with Gasteiger partial charge in [-0.2, -0.15) is 0 Å². The minimum absolute atomic E-state index is 0.598. The molecular weight excluding hydrogens is 146 g/mol. The first-order valence-electron chi connectivity index (χ1n) is 4.64. The molecule has 1 aliphatic rings. The van der Waals surface area contributed by atoms with Crippen LogP contribution in [0.15, 0.2) is 30.3 Å². The van der Waals surface area contributed by atoms with Crippen molar-refractivity contribution in [2.24, 2.45) is 5.92 Å². The number of hydrogen-bond acceptors (Lipinski definition) is 1. The number of rotatable bonds is 1. The van der Waals surface area contributed by atoms with E-state index in [2.05, 4.69) is 42.6 Å². The fourth-order valence-electron chi connectivity index (χ4n) is 1.85. The molecule has 1 aromatic rings. The summed E-state index contributed by atoms with van der Waals surface area (Å²) >= 11 is 0. The van der Waals surface area contributed by atoms with Gasteiger partial charge in [0.2, 0.25) is 0 Å². The molecule has 12 heavy (non-hydrogen) atoms. The summed E-state index contributed by atoms with van der Waals surface area (Å²) in [4.78, 5) is 0. The highest BCUT2D eigenvalue weighted by Crippen LogP contribution is 2.25. The molecule has 1 unspecified atom stereocenters. The predicted molar refractivity (Wildman–Crippen MR) is 51.0 cm³/mol. The average Bonchev–Trinajstić information content (AvgIpc) is 2.54. The van der Waals surface area contributed by atoms with Gasteiger partial charge in [0.05, 0.1) is 0 Å². The average molecular weight is 161 g/mol. The van der Waals surface area contributed by atoms with Crippen molar-refractivity contribution < 1.29 is 0 Å². The lowest BCUT2D eigenvalue weighted by molar-refractivity contribution is 0.612. The van der Waals surface area contributed by atoms with E-state index in [1.165, 1.54) is 18.5 Å². The second-order valence-corrected chi connectivity index (χ2v) is 3.71. The van der Waals surface area contributed by atoms with Gasteiger partial charge in [0.25, 0.3) is 0 Å². The summed E-state index contributed by atoms with van der Waals surface area (Å²) in [5, 5.41) is 3.52. The second-order valence-electron chi connectivity index (χ2n) is 3.71. The molecule has 1 N–H and O–H groups in total. The summed E-state index contributed by atoms with van der Waals surface area (Å²) < 4.78 is 0. The van der Waals surface area contributed by atoms with Gasteiger partial charge in [0.1, 0.15) is 0 Å². The zero-order chi connectivity index (χ0) is 8.39. The molecule has 64 valence electrons. The zero-order valence-corrected chi connectivity index (χ0v) is 7.46. The first-order chi connectivity index (χ1) is 5.86. The van der Waals surface area contributed by atoms with Crippen LogP contribution in [0, 0.1) is 5.92 Å². The van der Waals surface area contributed by atoms with E-state index >= 15 is 0 Å². The Hall–Kier alpha value is -0.820. The molecule has 0 radical (unpaired) electrons. The van der Waals surface area contributed by atoms with Crippen LogP contribution in [0.25, 0.3) is 0 Å². The van der Waals surface area contributed by atoms with E-state index in [-0.39, 0.29) is 0 Å². The summed E-state index contributed by atoms with van der Waals surface area (Å²) in [6, 6.07) is 11.3. The van der Waals surface area contributed by atoms with Crippen LogP contribution in [0.1, 0.15) is 24.9 Å². The standard InChI is InChI=1S/C11H15N/c1-9-7-11(12-8-9)10-5-3-2-4-6-10/h2-6,9,11-12H,7-8H2,1H3/t9?,11-/m0/s1. The van der Waals surface area contributed by atoms with Crippen molar-refractivity contribution in [2.75, 3.05) is 6.54 Å². The fourth-order valence-corrected chi connectivity index (χ4v) is 1.85. The minimum Gasteiger partial charge on any atom is -0.310 e. The highest BCUT2D eigenvalue weighted by atomic mass is 14.9. The Morgan fingerprint density at radius 2 is 2.00 bits per heavy atom. The first kappa shape index (κ1) is 7.81. The highest BCUT2D eigenvalue weighted by molar-refractivity contribution is 5.19. The molecule has 0 spiro atoms. The van der Waals surface area contributed by atoms with Crippen LogP contribution in [0.4, 0.5) is 0 Å². The van der Waals surface area contributed by atoms with Crippen molar-refractivity contribution in [2.45, 2.75) is 19.4 Å². The van der Waals surface area contributed by atoms with Crippen LogP contribution in [0.3, 0.4) is 0 Å². The molecule has 1 saturated heterocycles. The maximum absolute atomic E-state index is 3.52. The summed E-state index contributed by atoms with van der Waals surface area (Å²) in [7, 11) is 0. The van der Waals surface area contributed by atoms with E-state index in [0.717, 1.165) is 5.92 Å². The summed E-state index contributed by atoms with van der Waals surface area (Å²) in [6.07, 6.45) is 1.28. The van der Waals surface area contributed by atoms with Crippen molar-refractivity contribution >= 4 is 0 Å². The third-order valence-corrected chi connectivity index (χ3v) is 2.55. The Morgan fingerprint density at radius 3 is 2.58 bits per heavy atom. The van der Waals surface area contributed by atoms with Crippen LogP contribution in [0.2, 0.25) is 0 Å². The van der Waals surface area contributed by atoms with Crippen molar-refractivity contribution in [1.82, 2.24) is 5.32 Å². The van der Waals surface area contributed by atoms with Crippen molar-refractivity contribution in [3.05, 3.63) is 35.9 Å². The molecular formula is C11H15N. The summed E-state index contributed by atoms with van der Waals surface area (Å²) in [5.74, 6) is 0.829. The van der Waals surface area contributed by atoms with E-state index in [1.54, 1.807) is 0 Å². The molecule has 1 aromatic carbocycles. The Balaban J connectivity index is 2.11. The molecule has 1 aliphatic heterocycles. The summed E-state index contributed by atoms with van der Waals surface area (Å²) in [5.41, 5.74) is 1.43. The van der Waals surface area contributed by atoms with Crippen LogP contribution in [-0.2, 0) is 0 Å². The third kappa shape index (κ3) is 1.51. The molecule has 1 fully saturated rings. The Labute approximate surface area is 73.8 Å². The monoisotopic (exact) mass is 161 g/mol. The summed E-state index contributed by atoms with van der Waals surface area (Å²) in [6.45, 7) is 3.47. The Morgan fingerprint density at radius 1 is 1.25 bits per heavy atom. The smallest absolute Gasteiger partial charge is 0.0323 e. The Bertz CT molecular complexity index is 242. The van der Waals surface area contributed by atoms with Gasteiger partial charge in [-0.05, 0) is 24.4 Å². The molecule has 1 heterocycles. The Kier molecular flexibility index (Phi) is 2.13. The molecule has 1 heteroatoms. The second kappa shape index (κ2) is 3.28. The van der Waals surface area contributed by atoms with E-state index < -0.39 is 0 Å². The van der Waals surface area contributed by atoms with Gasteiger partial charge in [0.15, 0.2) is 0 Å². The van der Waals surface area contributed by atoms with Crippen LogP contribution in [-0.4, -0.2) is 6.54 Å². The lowest BCUT2D eigenvalue weighted by atomic mass is 10.0. The number of benzene rings is 1. The lowest BCUT2D eigenvalue weighted by Crippen LogP contribution is -2.12. The van der Waals surface area contributed by atoms with Crippen molar-refractivity contribution in [1.29, 1.82) is 0 Å². The normalized spacial score (nSPS) is 29.1. The molecule has 0 aliphatic carbocycles. The van der Waals surface area contributed by atoms with Gasteiger partial charge in [0, 0.05) is 6.04 Å². The fraction of sp³-hybridized carbons (Fsp3) is 0.455. The van der Waals surface area contributed by atoms with Gasteiger partial charge in [-0.25, -0.2) is 0 Å². The van der Waals surface area contributed by atoms with E-state index in [4.69, 9.17) is 0 Å². The zero-order valence-electron chi connectivity index (χ0n) is 7.46. The van der Waals surface area contributed by atoms with Crippen LogP contribution in [0.5, 0.6) is 0 Å². The SMILES string of the molecule is CC1CN[C@H](c2ccccc2)C1. The van der Waals surface area contributed by atoms with Crippen molar-refractivity contribution in [3.63, 3.8) is 0 Å². The molecule has 0 saturated carbocycles. The maximum Gasteiger partial charge on any atom is 0.0323 e. The van der Waals surface area contributed by atoms with Crippen LogP contribution >= 0.6 is 0 Å². The van der Waals surface area contributed by atoms with E-state index in [0.29, 0.717) is 6.04 Å². The van der Waals surface area contributed by atoms with Gasteiger partial charge < -0.3 is 5.32 Å². The van der Waals surface area contributed by atoms with E-state index in [1.807, 2.05) is 0 Å².